The minimum atomic E-state index is -0.480. The van der Waals surface area contributed by atoms with E-state index < -0.39 is 6.10 Å². The highest BCUT2D eigenvalue weighted by Gasteiger charge is 2.31. The van der Waals surface area contributed by atoms with Crippen LogP contribution in [0, 0.1) is 6.92 Å². The van der Waals surface area contributed by atoms with Crippen molar-refractivity contribution in [2.45, 2.75) is 45.3 Å². The van der Waals surface area contributed by atoms with E-state index in [2.05, 4.69) is 0 Å². The van der Waals surface area contributed by atoms with E-state index in [1.165, 1.54) is 6.26 Å². The molecule has 2 rings (SSSR count). The van der Waals surface area contributed by atoms with E-state index in [4.69, 9.17) is 4.42 Å². The molecule has 0 bridgehead atoms. The fraction of sp³-hybridized carbons (Fsp3) is 0.615. The van der Waals surface area contributed by atoms with Crippen LogP contribution in [0.2, 0.25) is 0 Å². The summed E-state index contributed by atoms with van der Waals surface area (Å²) in [4.78, 5) is 14.1. The minimum Gasteiger partial charge on any atom is -0.469 e. The van der Waals surface area contributed by atoms with E-state index in [1.807, 2.05) is 0 Å². The lowest BCUT2D eigenvalue weighted by molar-refractivity contribution is 0.0279. The molecule has 17 heavy (non-hydrogen) atoms. The average molecular weight is 237 g/mol. The van der Waals surface area contributed by atoms with Crippen molar-refractivity contribution in [1.82, 2.24) is 4.90 Å². The molecule has 2 atom stereocenters. The standard InChI is InChI=1S/C13H19NO3/c1-9(15)12-5-3-4-7-14(12)13(16)11-6-8-17-10(11)2/h6,8-9,12,15H,3-5,7H2,1-2H3/t9-,12-/m1/s1. The van der Waals surface area contributed by atoms with Gasteiger partial charge in [-0.3, -0.25) is 4.79 Å². The molecule has 4 nitrogen and oxygen atoms in total. The van der Waals surface area contributed by atoms with Crippen molar-refractivity contribution in [3.63, 3.8) is 0 Å². The van der Waals surface area contributed by atoms with Crippen LogP contribution in [0.5, 0.6) is 0 Å². The van der Waals surface area contributed by atoms with Crippen molar-refractivity contribution in [2.24, 2.45) is 0 Å². The fourth-order valence-corrected chi connectivity index (χ4v) is 2.47. The summed E-state index contributed by atoms with van der Waals surface area (Å²) in [7, 11) is 0. The quantitative estimate of drug-likeness (QED) is 0.855. The molecule has 0 spiro atoms. The number of hydrogen-bond acceptors (Lipinski definition) is 3. The number of nitrogens with zero attached hydrogens (tertiary/aromatic N) is 1. The van der Waals surface area contributed by atoms with Gasteiger partial charge in [0.1, 0.15) is 5.76 Å². The zero-order valence-corrected chi connectivity index (χ0v) is 10.3. The molecular weight excluding hydrogens is 218 g/mol. The third kappa shape index (κ3) is 2.36. The molecule has 0 saturated carbocycles. The van der Waals surface area contributed by atoms with Crippen LogP contribution >= 0.6 is 0 Å². The summed E-state index contributed by atoms with van der Waals surface area (Å²) in [6.45, 7) is 4.26. The Morgan fingerprint density at radius 3 is 2.94 bits per heavy atom. The fourth-order valence-electron chi connectivity index (χ4n) is 2.47. The summed E-state index contributed by atoms with van der Waals surface area (Å²) < 4.78 is 5.16. The molecule has 1 aromatic rings. The summed E-state index contributed by atoms with van der Waals surface area (Å²) in [6.07, 6.45) is 4.01. The molecule has 1 N–H and O–H groups in total. The molecular formula is C13H19NO3. The van der Waals surface area contributed by atoms with Gasteiger partial charge >= 0.3 is 0 Å². The molecule has 4 heteroatoms. The molecule has 1 fully saturated rings. The molecule has 2 heterocycles. The first-order chi connectivity index (χ1) is 8.11. The number of furan rings is 1. The van der Waals surface area contributed by atoms with Gasteiger partial charge in [0.05, 0.1) is 24.0 Å². The first-order valence-electron chi connectivity index (χ1n) is 6.14. The summed E-state index contributed by atoms with van der Waals surface area (Å²) in [5, 5.41) is 9.75. The third-order valence-electron chi connectivity index (χ3n) is 3.46. The van der Waals surface area contributed by atoms with Crippen LogP contribution in [0.1, 0.15) is 42.3 Å². The number of piperidine rings is 1. The van der Waals surface area contributed by atoms with E-state index in [0.717, 1.165) is 25.8 Å². The van der Waals surface area contributed by atoms with E-state index >= 15 is 0 Å². The van der Waals surface area contributed by atoms with Gasteiger partial charge in [-0.2, -0.15) is 0 Å². The topological polar surface area (TPSA) is 53.7 Å². The normalized spacial score (nSPS) is 22.5. The summed E-state index contributed by atoms with van der Waals surface area (Å²) in [5.41, 5.74) is 0.609. The number of aliphatic hydroxyl groups is 1. The predicted octanol–water partition coefficient (Wildman–Crippen LogP) is 1.96. The van der Waals surface area contributed by atoms with Crippen molar-refractivity contribution < 1.29 is 14.3 Å². The van der Waals surface area contributed by atoms with E-state index in [9.17, 15) is 9.90 Å². The molecule has 0 unspecified atom stereocenters. The van der Waals surface area contributed by atoms with Crippen molar-refractivity contribution in [3.8, 4) is 0 Å². The molecule has 94 valence electrons. The Morgan fingerprint density at radius 2 is 2.35 bits per heavy atom. The van der Waals surface area contributed by atoms with Crippen LogP contribution in [0.4, 0.5) is 0 Å². The maximum absolute atomic E-state index is 12.4. The molecule has 0 radical (unpaired) electrons. The van der Waals surface area contributed by atoms with Crippen LogP contribution < -0.4 is 0 Å². The number of carbonyl (C=O) groups is 1. The Kier molecular flexibility index (Phi) is 3.52. The monoisotopic (exact) mass is 237 g/mol. The molecule has 1 aliphatic heterocycles. The molecule has 1 amide bonds. The Hall–Kier alpha value is -1.29. The number of aryl methyl sites for hydroxylation is 1. The Labute approximate surface area is 101 Å². The van der Waals surface area contributed by atoms with Crippen molar-refractivity contribution in [2.75, 3.05) is 6.54 Å². The Morgan fingerprint density at radius 1 is 1.59 bits per heavy atom. The smallest absolute Gasteiger partial charge is 0.257 e. The minimum absolute atomic E-state index is 0.0261. The molecule has 1 saturated heterocycles. The molecule has 0 aromatic carbocycles. The lowest BCUT2D eigenvalue weighted by atomic mass is 9.97. The van der Waals surface area contributed by atoms with Gasteiger partial charge < -0.3 is 14.4 Å². The number of rotatable bonds is 2. The average Bonchev–Trinajstić information content (AvgIpc) is 2.74. The maximum Gasteiger partial charge on any atom is 0.257 e. The highest BCUT2D eigenvalue weighted by atomic mass is 16.3. The summed E-state index contributed by atoms with van der Waals surface area (Å²) in [5.74, 6) is 0.617. The van der Waals surface area contributed by atoms with Gasteiger partial charge in [-0.05, 0) is 39.2 Å². The number of aliphatic hydroxyl groups excluding tert-OH is 1. The lowest BCUT2D eigenvalue weighted by Crippen LogP contribution is -2.48. The molecule has 1 aliphatic rings. The second kappa shape index (κ2) is 4.92. The van der Waals surface area contributed by atoms with Gasteiger partial charge in [0.25, 0.3) is 5.91 Å². The van der Waals surface area contributed by atoms with Gasteiger partial charge in [-0.15, -0.1) is 0 Å². The van der Waals surface area contributed by atoms with Crippen LogP contribution in [-0.4, -0.2) is 34.6 Å². The van der Waals surface area contributed by atoms with E-state index in [0.29, 0.717) is 11.3 Å². The third-order valence-corrected chi connectivity index (χ3v) is 3.46. The number of hydrogen-bond donors (Lipinski definition) is 1. The van der Waals surface area contributed by atoms with Gasteiger partial charge in [-0.25, -0.2) is 0 Å². The first-order valence-corrected chi connectivity index (χ1v) is 6.14. The SMILES string of the molecule is Cc1occc1C(=O)N1CCCC[C@@H]1[C@@H](C)O. The van der Waals surface area contributed by atoms with E-state index in [-0.39, 0.29) is 11.9 Å². The van der Waals surface area contributed by atoms with Crippen molar-refractivity contribution in [3.05, 3.63) is 23.7 Å². The molecule has 1 aromatic heterocycles. The zero-order chi connectivity index (χ0) is 12.4. The van der Waals surface area contributed by atoms with Gasteiger partial charge in [0, 0.05) is 6.54 Å². The Balaban J connectivity index is 2.20. The zero-order valence-electron chi connectivity index (χ0n) is 10.3. The highest BCUT2D eigenvalue weighted by Crippen LogP contribution is 2.23. The maximum atomic E-state index is 12.4. The second-order valence-corrected chi connectivity index (χ2v) is 4.69. The van der Waals surface area contributed by atoms with E-state index in [1.54, 1.807) is 24.8 Å². The van der Waals surface area contributed by atoms with Crippen LogP contribution in [-0.2, 0) is 0 Å². The van der Waals surface area contributed by atoms with Crippen LogP contribution in [0.15, 0.2) is 16.7 Å². The first kappa shape index (κ1) is 12.2. The number of likely N-dealkylation sites (tertiary alicyclic amines) is 1. The van der Waals surface area contributed by atoms with Crippen LogP contribution in [0.25, 0.3) is 0 Å². The highest BCUT2D eigenvalue weighted by molar-refractivity contribution is 5.95. The van der Waals surface area contributed by atoms with Crippen LogP contribution in [0.3, 0.4) is 0 Å². The predicted molar refractivity (Wildman–Crippen MR) is 63.8 cm³/mol. The lowest BCUT2D eigenvalue weighted by Gasteiger charge is -2.37. The largest absolute Gasteiger partial charge is 0.469 e. The van der Waals surface area contributed by atoms with Gasteiger partial charge in [0.15, 0.2) is 0 Å². The van der Waals surface area contributed by atoms with Crippen molar-refractivity contribution >= 4 is 5.91 Å². The summed E-state index contributed by atoms with van der Waals surface area (Å²) >= 11 is 0. The van der Waals surface area contributed by atoms with Gasteiger partial charge in [-0.1, -0.05) is 0 Å². The van der Waals surface area contributed by atoms with Gasteiger partial charge in [0.2, 0.25) is 0 Å². The number of carbonyl (C=O) groups excluding carboxylic acids is 1. The second-order valence-electron chi connectivity index (χ2n) is 4.69. The Bertz CT molecular complexity index is 397. The molecule has 0 aliphatic carbocycles. The summed E-state index contributed by atoms with van der Waals surface area (Å²) in [6, 6.07) is 1.64. The number of amides is 1. The van der Waals surface area contributed by atoms with Crippen molar-refractivity contribution in [1.29, 1.82) is 0 Å².